The van der Waals surface area contributed by atoms with E-state index < -0.39 is 0 Å². The van der Waals surface area contributed by atoms with Crippen molar-refractivity contribution in [1.29, 1.82) is 0 Å². The zero-order chi connectivity index (χ0) is 19.7. The summed E-state index contributed by atoms with van der Waals surface area (Å²) >= 11 is 0. The van der Waals surface area contributed by atoms with Crippen LogP contribution in [0.25, 0.3) is 0 Å². The minimum absolute atomic E-state index is 0. The van der Waals surface area contributed by atoms with Crippen LogP contribution in [0.15, 0.2) is 0 Å². The van der Waals surface area contributed by atoms with Gasteiger partial charge in [-0.05, 0) is 37.0 Å². The number of hydrogen-bond acceptors (Lipinski definition) is 0. The second-order valence-electron chi connectivity index (χ2n) is 8.35. The number of rotatable bonds is 8. The van der Waals surface area contributed by atoms with Gasteiger partial charge in [-0.3, -0.25) is 0 Å². The molecule has 170 valence electrons. The summed E-state index contributed by atoms with van der Waals surface area (Å²) in [6.45, 7) is 23.6. The molecule has 0 saturated heterocycles. The second kappa shape index (κ2) is 28.1. The van der Waals surface area contributed by atoms with Gasteiger partial charge in [0, 0.05) is 0 Å². The average Bonchev–Trinajstić information content (AvgIpc) is 2.61. The van der Waals surface area contributed by atoms with Gasteiger partial charge in [0.2, 0.25) is 0 Å². The Labute approximate surface area is 209 Å². The van der Waals surface area contributed by atoms with Crippen LogP contribution in [0, 0.1) is 49.9 Å². The first kappa shape index (κ1) is 39.6. The van der Waals surface area contributed by atoms with E-state index in [0.717, 1.165) is 30.1 Å². The molecule has 5 atom stereocenters. The molecule has 1 heteroatoms. The molecule has 0 aromatic rings. The molecule has 0 nitrogen and oxygen atoms in total. The molecule has 1 rings (SSSR count). The third-order valence-corrected chi connectivity index (χ3v) is 5.84. The van der Waals surface area contributed by atoms with Gasteiger partial charge in [-0.2, -0.15) is 25.7 Å². The van der Waals surface area contributed by atoms with E-state index in [0.29, 0.717) is 5.92 Å². The van der Waals surface area contributed by atoms with Crippen LogP contribution < -0.4 is 0 Å². The van der Waals surface area contributed by atoms with Crippen LogP contribution >= 0.6 is 0 Å². The van der Waals surface area contributed by atoms with E-state index in [1.54, 1.807) is 0 Å². The third-order valence-electron chi connectivity index (χ3n) is 5.84. The van der Waals surface area contributed by atoms with Gasteiger partial charge >= 0.3 is 32.7 Å². The summed E-state index contributed by atoms with van der Waals surface area (Å²) in [4.78, 5) is 0. The van der Waals surface area contributed by atoms with Crippen molar-refractivity contribution in [3.05, 3.63) is 20.3 Å². The Kier molecular flexibility index (Phi) is 39.7. The van der Waals surface area contributed by atoms with E-state index in [2.05, 4.69) is 68.7 Å². The maximum atomic E-state index is 4.06. The standard InChI is InChI=1S/C12H24.C9H18.C4H9.2CH4.Y/c1-4-6-12-8-10(3)7-11(5-2)9-12;1-5-7-9(4)8(3)6-2;1-3-4-2;;;/h10-12H,4-9H2,1-3H3;8-9H,1,4-7H2,2-3H3;3H,4H2,1-2H3;2*1H4;/q;-2;-1;;;+3. The van der Waals surface area contributed by atoms with E-state index >= 15 is 0 Å². The zero-order valence-corrected chi connectivity index (χ0v) is 22.4. The molecule has 0 radical (unpaired) electrons. The monoisotopic (exact) mass is 472 g/mol. The van der Waals surface area contributed by atoms with Crippen molar-refractivity contribution in [2.24, 2.45) is 29.6 Å². The molecule has 1 aliphatic carbocycles. The molecule has 0 spiro atoms. The van der Waals surface area contributed by atoms with Crippen molar-refractivity contribution in [2.75, 3.05) is 0 Å². The molecule has 0 heterocycles. The van der Waals surface area contributed by atoms with Gasteiger partial charge in [-0.1, -0.05) is 88.0 Å². The molecule has 0 N–H and O–H groups in total. The van der Waals surface area contributed by atoms with E-state index in [9.17, 15) is 0 Å². The van der Waals surface area contributed by atoms with E-state index in [4.69, 9.17) is 0 Å². The fourth-order valence-electron chi connectivity index (χ4n) is 3.76. The normalized spacial score (nSPS) is 22.4. The predicted octanol–water partition coefficient (Wildman–Crippen LogP) is 10.2. The third kappa shape index (κ3) is 23.4. The van der Waals surface area contributed by atoms with Gasteiger partial charge in [0.25, 0.3) is 0 Å². The van der Waals surface area contributed by atoms with Gasteiger partial charge in [0.1, 0.15) is 0 Å². The molecule has 1 aliphatic rings. The van der Waals surface area contributed by atoms with Gasteiger partial charge < -0.3 is 20.3 Å². The molecule has 28 heavy (non-hydrogen) atoms. The van der Waals surface area contributed by atoms with E-state index in [1.165, 1.54) is 57.8 Å². The predicted molar refractivity (Wildman–Crippen MR) is 132 cm³/mol. The van der Waals surface area contributed by atoms with Crippen molar-refractivity contribution in [3.8, 4) is 0 Å². The SMILES string of the molecule is C.C.CCCC1CC(C)CC(CC)C1.C[CH-]CC.[CH2-]CCC([CH2-])C(C)CC.[Y+3]. The summed E-state index contributed by atoms with van der Waals surface area (Å²) in [5, 5.41) is 0. The smallest absolute Gasteiger partial charge is 0.343 e. The molecular weight excluding hydrogens is 413 g/mol. The Morgan fingerprint density at radius 1 is 1.00 bits per heavy atom. The van der Waals surface area contributed by atoms with Crippen molar-refractivity contribution >= 4 is 0 Å². The van der Waals surface area contributed by atoms with Crippen LogP contribution in [0.3, 0.4) is 0 Å². The van der Waals surface area contributed by atoms with Gasteiger partial charge in [-0.25, -0.2) is 0 Å². The maximum absolute atomic E-state index is 4.06. The summed E-state index contributed by atoms with van der Waals surface area (Å²) in [5.41, 5.74) is 0. The molecule has 1 fully saturated rings. The number of unbranched alkanes of at least 4 members (excludes halogenated alkanes) is 1. The summed E-state index contributed by atoms with van der Waals surface area (Å²) < 4.78 is 0. The summed E-state index contributed by atoms with van der Waals surface area (Å²) in [6.07, 6.45) is 15.6. The minimum Gasteiger partial charge on any atom is -0.343 e. The van der Waals surface area contributed by atoms with Crippen LogP contribution in [0.5, 0.6) is 0 Å². The Hall–Kier alpha value is 1.10. The molecule has 1 saturated carbocycles. The Bertz CT molecular complexity index is 249. The Morgan fingerprint density at radius 3 is 1.86 bits per heavy atom. The van der Waals surface area contributed by atoms with Gasteiger partial charge in [0.05, 0.1) is 0 Å². The van der Waals surface area contributed by atoms with Crippen LogP contribution in [0.2, 0.25) is 0 Å². The Morgan fingerprint density at radius 2 is 1.50 bits per heavy atom. The first-order valence-corrected chi connectivity index (χ1v) is 11.3. The van der Waals surface area contributed by atoms with E-state index in [-0.39, 0.29) is 47.6 Å². The van der Waals surface area contributed by atoms with Crippen molar-refractivity contribution < 1.29 is 32.7 Å². The van der Waals surface area contributed by atoms with Crippen LogP contribution in [-0.2, 0) is 32.7 Å². The molecular formula is C27H59Y. The van der Waals surface area contributed by atoms with Gasteiger partial charge in [-0.15, -0.1) is 6.42 Å². The maximum Gasteiger partial charge on any atom is 3.00 e. The summed E-state index contributed by atoms with van der Waals surface area (Å²) in [7, 11) is 0. The van der Waals surface area contributed by atoms with Crippen LogP contribution in [0.4, 0.5) is 0 Å². The second-order valence-corrected chi connectivity index (χ2v) is 8.35. The van der Waals surface area contributed by atoms with Crippen molar-refractivity contribution in [3.63, 3.8) is 0 Å². The molecule has 0 bridgehead atoms. The quantitative estimate of drug-likeness (QED) is 0.308. The molecule has 0 aromatic heterocycles. The first-order chi connectivity index (χ1) is 11.9. The van der Waals surface area contributed by atoms with Crippen molar-refractivity contribution in [2.45, 2.75) is 128 Å². The van der Waals surface area contributed by atoms with Crippen LogP contribution in [0.1, 0.15) is 128 Å². The first-order valence-electron chi connectivity index (χ1n) is 11.3. The summed E-state index contributed by atoms with van der Waals surface area (Å²) in [6, 6.07) is 0. The molecule has 0 amide bonds. The van der Waals surface area contributed by atoms with Gasteiger partial charge in [0.15, 0.2) is 0 Å². The zero-order valence-electron chi connectivity index (χ0n) is 19.5. The van der Waals surface area contributed by atoms with E-state index in [1.807, 2.05) is 0 Å². The fourth-order valence-corrected chi connectivity index (χ4v) is 3.76. The topological polar surface area (TPSA) is 0 Å². The number of hydrogen-bond donors (Lipinski definition) is 0. The molecule has 0 aromatic carbocycles. The Balaban J connectivity index is -0.0000000994. The fraction of sp³-hybridized carbons (Fsp3) is 0.889. The summed E-state index contributed by atoms with van der Waals surface area (Å²) in [5.74, 6) is 4.49. The molecule has 5 unspecified atom stereocenters. The molecule has 0 aliphatic heterocycles. The minimum atomic E-state index is 0. The largest absolute Gasteiger partial charge is 3.00 e. The average molecular weight is 473 g/mol. The van der Waals surface area contributed by atoms with Crippen molar-refractivity contribution in [1.82, 2.24) is 0 Å². The van der Waals surface area contributed by atoms with Crippen LogP contribution in [-0.4, -0.2) is 0 Å².